The van der Waals surface area contributed by atoms with Gasteiger partial charge in [-0.3, -0.25) is 4.79 Å². The number of carbonyl (C=O) groups is 3. The van der Waals surface area contributed by atoms with E-state index in [2.05, 4.69) is 27.5 Å². The Bertz CT molecular complexity index is 1000. The molecule has 0 spiro atoms. The first kappa shape index (κ1) is 25.2. The highest BCUT2D eigenvalue weighted by Gasteiger charge is 2.31. The predicted molar refractivity (Wildman–Crippen MR) is 127 cm³/mol. The SMILES string of the molecule is COC(=O)C(C)NC(=O)C(COC(C)(C)C)NC(=O)OCC1c2ccccc2-c2ccccc21. The van der Waals surface area contributed by atoms with Gasteiger partial charge in [0.05, 0.1) is 19.3 Å². The summed E-state index contributed by atoms with van der Waals surface area (Å²) in [5.41, 5.74) is 3.90. The monoisotopic (exact) mass is 468 g/mol. The van der Waals surface area contributed by atoms with Gasteiger partial charge in [0.2, 0.25) is 5.91 Å². The first-order valence-corrected chi connectivity index (χ1v) is 11.2. The van der Waals surface area contributed by atoms with Crippen molar-refractivity contribution in [1.29, 1.82) is 0 Å². The number of carbonyl (C=O) groups excluding carboxylic acids is 3. The number of rotatable bonds is 8. The van der Waals surface area contributed by atoms with Crippen molar-refractivity contribution in [3.63, 3.8) is 0 Å². The van der Waals surface area contributed by atoms with Crippen molar-refractivity contribution in [2.24, 2.45) is 0 Å². The van der Waals surface area contributed by atoms with Crippen molar-refractivity contribution in [1.82, 2.24) is 10.6 Å². The van der Waals surface area contributed by atoms with Crippen LogP contribution >= 0.6 is 0 Å². The fraction of sp³-hybridized carbons (Fsp3) is 0.423. The summed E-state index contributed by atoms with van der Waals surface area (Å²) in [6.45, 7) is 7.05. The number of hydrogen-bond acceptors (Lipinski definition) is 6. The fourth-order valence-electron chi connectivity index (χ4n) is 3.85. The molecular weight excluding hydrogens is 436 g/mol. The molecule has 2 aromatic carbocycles. The van der Waals surface area contributed by atoms with Crippen LogP contribution in [0.2, 0.25) is 0 Å². The van der Waals surface area contributed by atoms with Crippen molar-refractivity contribution >= 4 is 18.0 Å². The molecule has 1 aliphatic rings. The summed E-state index contributed by atoms with van der Waals surface area (Å²) in [4.78, 5) is 37.1. The molecule has 0 radical (unpaired) electrons. The molecule has 3 rings (SSSR count). The second-order valence-corrected chi connectivity index (χ2v) is 9.20. The second-order valence-electron chi connectivity index (χ2n) is 9.20. The topological polar surface area (TPSA) is 103 Å². The molecule has 2 N–H and O–H groups in total. The van der Waals surface area contributed by atoms with E-state index in [9.17, 15) is 14.4 Å². The molecule has 0 bridgehead atoms. The van der Waals surface area contributed by atoms with Crippen LogP contribution in [0.15, 0.2) is 48.5 Å². The van der Waals surface area contributed by atoms with Crippen LogP contribution in [0.1, 0.15) is 44.7 Å². The molecule has 0 aromatic heterocycles. The van der Waals surface area contributed by atoms with Gasteiger partial charge in [-0.25, -0.2) is 9.59 Å². The number of esters is 1. The number of ether oxygens (including phenoxy) is 3. The molecule has 0 fully saturated rings. The van der Waals surface area contributed by atoms with Gasteiger partial charge in [0, 0.05) is 5.92 Å². The van der Waals surface area contributed by atoms with Gasteiger partial charge in [-0.05, 0) is 49.9 Å². The Morgan fingerprint density at radius 1 is 0.941 bits per heavy atom. The van der Waals surface area contributed by atoms with E-state index < -0.39 is 35.7 Å². The first-order chi connectivity index (χ1) is 16.1. The molecule has 2 atom stereocenters. The number of amides is 2. The summed E-state index contributed by atoms with van der Waals surface area (Å²) in [7, 11) is 1.24. The van der Waals surface area contributed by atoms with E-state index in [4.69, 9.17) is 9.47 Å². The van der Waals surface area contributed by atoms with Gasteiger partial charge >= 0.3 is 12.1 Å². The Morgan fingerprint density at radius 2 is 1.50 bits per heavy atom. The highest BCUT2D eigenvalue weighted by molar-refractivity contribution is 5.89. The Balaban J connectivity index is 1.67. The zero-order valence-electron chi connectivity index (χ0n) is 20.2. The van der Waals surface area contributed by atoms with E-state index >= 15 is 0 Å². The number of fused-ring (bicyclic) bond motifs is 3. The van der Waals surface area contributed by atoms with Crippen LogP contribution in [0.5, 0.6) is 0 Å². The molecule has 2 amide bonds. The van der Waals surface area contributed by atoms with Crippen molar-refractivity contribution in [3.05, 3.63) is 59.7 Å². The molecule has 0 saturated carbocycles. The van der Waals surface area contributed by atoms with Gasteiger partial charge in [0.15, 0.2) is 0 Å². The number of alkyl carbamates (subject to hydrolysis) is 1. The van der Waals surface area contributed by atoms with Crippen LogP contribution in [-0.4, -0.2) is 56.0 Å². The molecule has 0 heterocycles. The number of benzene rings is 2. The molecule has 34 heavy (non-hydrogen) atoms. The minimum absolute atomic E-state index is 0.0899. The zero-order valence-corrected chi connectivity index (χ0v) is 20.2. The smallest absolute Gasteiger partial charge is 0.407 e. The highest BCUT2D eigenvalue weighted by Crippen LogP contribution is 2.44. The maximum Gasteiger partial charge on any atom is 0.407 e. The summed E-state index contributed by atoms with van der Waals surface area (Å²) < 4.78 is 15.9. The van der Waals surface area contributed by atoms with Crippen molar-refractivity contribution in [3.8, 4) is 11.1 Å². The van der Waals surface area contributed by atoms with Gasteiger partial charge < -0.3 is 24.8 Å². The fourth-order valence-corrected chi connectivity index (χ4v) is 3.85. The molecule has 0 saturated heterocycles. The standard InChI is InChI=1S/C26H32N2O6/c1-16(24(30)32-5)27-23(29)22(15-34-26(2,3)4)28-25(31)33-14-21-19-12-8-6-10-17(19)18-11-7-9-13-20(18)21/h6-13,16,21-22H,14-15H2,1-5H3,(H,27,29)(H,28,31). The van der Waals surface area contributed by atoms with Crippen LogP contribution in [0, 0.1) is 0 Å². The summed E-state index contributed by atoms with van der Waals surface area (Å²) in [5.74, 6) is -1.27. The lowest BCUT2D eigenvalue weighted by Crippen LogP contribution is -2.53. The summed E-state index contributed by atoms with van der Waals surface area (Å²) in [6.07, 6.45) is -0.745. The van der Waals surface area contributed by atoms with Crippen LogP contribution < -0.4 is 10.6 Å². The molecular formula is C26H32N2O6. The van der Waals surface area contributed by atoms with Crippen molar-refractivity contribution in [2.45, 2.75) is 51.3 Å². The van der Waals surface area contributed by atoms with Gasteiger partial charge in [-0.1, -0.05) is 48.5 Å². The molecule has 0 aliphatic heterocycles. The lowest BCUT2D eigenvalue weighted by atomic mass is 9.98. The number of methoxy groups -OCH3 is 1. The third kappa shape index (κ3) is 6.14. The van der Waals surface area contributed by atoms with Gasteiger partial charge in [-0.15, -0.1) is 0 Å². The lowest BCUT2D eigenvalue weighted by Gasteiger charge is -2.25. The van der Waals surface area contributed by atoms with Crippen LogP contribution in [0.4, 0.5) is 4.79 Å². The van der Waals surface area contributed by atoms with Crippen molar-refractivity contribution in [2.75, 3.05) is 20.3 Å². The largest absolute Gasteiger partial charge is 0.467 e. The second kappa shape index (κ2) is 10.7. The van der Waals surface area contributed by atoms with E-state index in [0.29, 0.717) is 0 Å². The first-order valence-electron chi connectivity index (χ1n) is 11.2. The zero-order chi connectivity index (χ0) is 24.9. The maximum absolute atomic E-state index is 12.7. The molecule has 1 aliphatic carbocycles. The van der Waals surface area contributed by atoms with E-state index in [1.54, 1.807) is 0 Å². The molecule has 8 nitrogen and oxygen atoms in total. The maximum atomic E-state index is 12.7. The molecule has 8 heteroatoms. The molecule has 182 valence electrons. The van der Waals surface area contributed by atoms with Crippen LogP contribution in [-0.2, 0) is 23.8 Å². The van der Waals surface area contributed by atoms with Gasteiger partial charge in [-0.2, -0.15) is 0 Å². The highest BCUT2D eigenvalue weighted by atomic mass is 16.6. The Kier molecular flexibility index (Phi) is 7.94. The Hall–Kier alpha value is -3.39. The minimum Gasteiger partial charge on any atom is -0.467 e. The summed E-state index contributed by atoms with van der Waals surface area (Å²) in [6, 6.07) is 14.1. The minimum atomic E-state index is -1.05. The average molecular weight is 469 g/mol. The van der Waals surface area contributed by atoms with Gasteiger partial charge in [0.25, 0.3) is 0 Å². The van der Waals surface area contributed by atoms with Crippen LogP contribution in [0.3, 0.4) is 0 Å². The van der Waals surface area contributed by atoms with Crippen molar-refractivity contribution < 1.29 is 28.6 Å². The number of nitrogens with one attached hydrogen (secondary N) is 2. The summed E-state index contributed by atoms with van der Waals surface area (Å²) >= 11 is 0. The molecule has 2 unspecified atom stereocenters. The molecule has 2 aromatic rings. The third-order valence-corrected chi connectivity index (χ3v) is 5.55. The van der Waals surface area contributed by atoms with E-state index in [0.717, 1.165) is 22.3 Å². The van der Waals surface area contributed by atoms with Crippen LogP contribution in [0.25, 0.3) is 11.1 Å². The van der Waals surface area contributed by atoms with E-state index in [1.165, 1.54) is 14.0 Å². The lowest BCUT2D eigenvalue weighted by molar-refractivity contribution is -0.145. The quantitative estimate of drug-likeness (QED) is 0.576. The van der Waals surface area contributed by atoms with Gasteiger partial charge in [0.1, 0.15) is 18.7 Å². The third-order valence-electron chi connectivity index (χ3n) is 5.55. The normalized spacial score (nSPS) is 14.4. The predicted octanol–water partition coefficient (Wildman–Crippen LogP) is 3.39. The Morgan fingerprint density at radius 3 is 2.03 bits per heavy atom. The average Bonchev–Trinajstić information content (AvgIpc) is 3.12. The number of hydrogen-bond donors (Lipinski definition) is 2. The Labute approximate surface area is 200 Å². The van der Waals surface area contributed by atoms with E-state index in [1.807, 2.05) is 57.2 Å². The van der Waals surface area contributed by atoms with E-state index in [-0.39, 0.29) is 19.1 Å². The summed E-state index contributed by atoms with van der Waals surface area (Å²) in [5, 5.41) is 5.11.